The fraction of sp³-hybridized carbons (Fsp3) is 0.778. The molecule has 2 fully saturated rings. The van der Waals surface area contributed by atoms with Crippen molar-refractivity contribution < 1.29 is 4.79 Å². The first-order chi connectivity index (χ1) is 11.5. The van der Waals surface area contributed by atoms with Crippen LogP contribution in [0.2, 0.25) is 0 Å². The van der Waals surface area contributed by atoms with Crippen molar-refractivity contribution in [1.82, 2.24) is 24.3 Å². The van der Waals surface area contributed by atoms with Gasteiger partial charge in [0.05, 0.1) is 12.0 Å². The van der Waals surface area contributed by atoms with Crippen molar-refractivity contribution in [1.29, 1.82) is 0 Å². The Hall–Kier alpha value is -1.40. The van der Waals surface area contributed by atoms with Crippen LogP contribution in [0.1, 0.15) is 37.8 Å². The van der Waals surface area contributed by atoms with E-state index >= 15 is 0 Å². The summed E-state index contributed by atoms with van der Waals surface area (Å²) in [6.07, 6.45) is 9.02. The molecule has 1 amide bonds. The van der Waals surface area contributed by atoms with Gasteiger partial charge in [-0.15, -0.1) is 0 Å². The van der Waals surface area contributed by atoms with Crippen molar-refractivity contribution in [2.75, 3.05) is 40.3 Å². The summed E-state index contributed by atoms with van der Waals surface area (Å²) in [5.74, 6) is 0.358. The largest absolute Gasteiger partial charge is 0.337 e. The highest BCUT2D eigenvalue weighted by atomic mass is 16.2. The van der Waals surface area contributed by atoms with E-state index < -0.39 is 0 Å². The molecular formula is C18H31N5O. The molecular weight excluding hydrogens is 302 g/mol. The normalized spacial score (nSPS) is 25.8. The zero-order valence-electron chi connectivity index (χ0n) is 15.4. The zero-order chi connectivity index (χ0) is 17.2. The van der Waals surface area contributed by atoms with Crippen LogP contribution in [0.4, 0.5) is 0 Å². The molecule has 0 aromatic carbocycles. The van der Waals surface area contributed by atoms with Crippen molar-refractivity contribution in [2.45, 2.75) is 44.2 Å². The summed E-state index contributed by atoms with van der Waals surface area (Å²) in [7, 11) is 6.21. The minimum atomic E-state index is 0.105. The smallest absolute Gasteiger partial charge is 0.223 e. The third kappa shape index (κ3) is 3.64. The molecule has 0 N–H and O–H groups in total. The fourth-order valence-corrected chi connectivity index (χ4v) is 4.21. The molecule has 3 rings (SSSR count). The van der Waals surface area contributed by atoms with Gasteiger partial charge in [-0.25, -0.2) is 4.98 Å². The van der Waals surface area contributed by atoms with Gasteiger partial charge in [0, 0.05) is 51.4 Å². The molecule has 6 nitrogen and oxygen atoms in total. The van der Waals surface area contributed by atoms with E-state index in [0.29, 0.717) is 5.91 Å². The van der Waals surface area contributed by atoms with E-state index in [9.17, 15) is 4.79 Å². The maximum Gasteiger partial charge on any atom is 0.223 e. The number of imidazole rings is 1. The third-order valence-corrected chi connectivity index (χ3v) is 5.76. The number of carbonyl (C=O) groups is 1. The molecule has 0 aliphatic carbocycles. The van der Waals surface area contributed by atoms with Gasteiger partial charge in [-0.1, -0.05) is 0 Å². The molecule has 2 saturated heterocycles. The van der Waals surface area contributed by atoms with E-state index in [-0.39, 0.29) is 5.54 Å². The summed E-state index contributed by atoms with van der Waals surface area (Å²) < 4.78 is 2.10. The molecule has 24 heavy (non-hydrogen) atoms. The summed E-state index contributed by atoms with van der Waals surface area (Å²) in [5, 5.41) is 0. The van der Waals surface area contributed by atoms with E-state index in [0.717, 1.165) is 58.4 Å². The van der Waals surface area contributed by atoms with Crippen LogP contribution in [-0.2, 0) is 18.4 Å². The Kier molecular flexibility index (Phi) is 5.25. The fourth-order valence-electron chi connectivity index (χ4n) is 4.21. The summed E-state index contributed by atoms with van der Waals surface area (Å²) in [6, 6.07) is 0. The molecule has 1 aromatic heterocycles. The lowest BCUT2D eigenvalue weighted by molar-refractivity contribution is -0.131. The second-order valence-electron chi connectivity index (χ2n) is 7.70. The lowest BCUT2D eigenvalue weighted by Gasteiger charge is -2.39. The van der Waals surface area contributed by atoms with Crippen molar-refractivity contribution >= 4 is 5.91 Å². The van der Waals surface area contributed by atoms with Gasteiger partial charge in [0.15, 0.2) is 0 Å². The number of hydrogen-bond acceptors (Lipinski definition) is 4. The van der Waals surface area contributed by atoms with Crippen LogP contribution in [-0.4, -0.2) is 76.0 Å². The molecule has 1 aromatic rings. The molecule has 0 bridgehead atoms. The van der Waals surface area contributed by atoms with Crippen molar-refractivity contribution in [3.8, 4) is 0 Å². The van der Waals surface area contributed by atoms with E-state index in [4.69, 9.17) is 0 Å². The standard InChI is InChI=1S/C18H31N5O/c1-20(2)11-12-23-17(24)5-7-18(23)6-4-9-22(10-8-18)14-16-13-19-15-21(16)3/h13,15H,4-12,14H2,1-3H3/t18-/m1/s1. The minimum absolute atomic E-state index is 0.105. The number of likely N-dealkylation sites (N-methyl/N-ethyl adjacent to an activating group) is 1. The third-order valence-electron chi connectivity index (χ3n) is 5.76. The van der Waals surface area contributed by atoms with Crippen LogP contribution in [0.25, 0.3) is 0 Å². The SMILES string of the molecule is CN(C)CCN1C(=O)CC[C@@]12CCCN(Cc1cncn1C)CC2. The van der Waals surface area contributed by atoms with Gasteiger partial charge in [-0.2, -0.15) is 0 Å². The molecule has 0 radical (unpaired) electrons. The lowest BCUT2D eigenvalue weighted by atomic mass is 9.87. The highest BCUT2D eigenvalue weighted by Crippen LogP contribution is 2.39. The zero-order valence-corrected chi connectivity index (χ0v) is 15.4. The Bertz CT molecular complexity index is 570. The Labute approximate surface area is 145 Å². The average Bonchev–Trinajstić information content (AvgIpc) is 2.99. The van der Waals surface area contributed by atoms with E-state index in [2.05, 4.69) is 45.4 Å². The van der Waals surface area contributed by atoms with Crippen LogP contribution in [0.5, 0.6) is 0 Å². The number of aryl methyl sites for hydroxylation is 1. The van der Waals surface area contributed by atoms with Crippen LogP contribution in [0.15, 0.2) is 12.5 Å². The molecule has 0 unspecified atom stereocenters. The van der Waals surface area contributed by atoms with E-state index in [1.165, 1.54) is 12.1 Å². The van der Waals surface area contributed by atoms with Crippen LogP contribution in [0.3, 0.4) is 0 Å². The number of rotatable bonds is 5. The van der Waals surface area contributed by atoms with E-state index in [1.807, 2.05) is 12.5 Å². The number of nitrogens with zero attached hydrogens (tertiary/aromatic N) is 5. The Morgan fingerprint density at radius 1 is 1.25 bits per heavy atom. The molecule has 0 saturated carbocycles. The average molecular weight is 333 g/mol. The lowest BCUT2D eigenvalue weighted by Crippen LogP contribution is -2.48. The summed E-state index contributed by atoms with van der Waals surface area (Å²) in [5.41, 5.74) is 1.37. The summed E-state index contributed by atoms with van der Waals surface area (Å²) in [4.78, 5) is 23.6. The summed E-state index contributed by atoms with van der Waals surface area (Å²) in [6.45, 7) is 4.96. The van der Waals surface area contributed by atoms with Crippen LogP contribution < -0.4 is 0 Å². The second-order valence-corrected chi connectivity index (χ2v) is 7.70. The predicted molar refractivity (Wildman–Crippen MR) is 94.6 cm³/mol. The molecule has 1 atom stereocenters. The highest BCUT2D eigenvalue weighted by molar-refractivity contribution is 5.79. The minimum Gasteiger partial charge on any atom is -0.337 e. The number of likely N-dealkylation sites (tertiary alicyclic amines) is 2. The first-order valence-electron chi connectivity index (χ1n) is 9.13. The topological polar surface area (TPSA) is 44.6 Å². The first-order valence-corrected chi connectivity index (χ1v) is 9.13. The quantitative estimate of drug-likeness (QED) is 0.815. The van der Waals surface area contributed by atoms with Gasteiger partial charge in [0.2, 0.25) is 5.91 Å². The maximum atomic E-state index is 12.4. The molecule has 6 heteroatoms. The number of amides is 1. The van der Waals surface area contributed by atoms with Gasteiger partial charge in [-0.3, -0.25) is 9.69 Å². The van der Waals surface area contributed by atoms with Gasteiger partial charge in [-0.05, 0) is 46.3 Å². The predicted octanol–water partition coefficient (Wildman–Crippen LogP) is 1.33. The van der Waals surface area contributed by atoms with Gasteiger partial charge in [0.1, 0.15) is 0 Å². The van der Waals surface area contributed by atoms with Crippen LogP contribution >= 0.6 is 0 Å². The number of carbonyl (C=O) groups excluding carboxylic acids is 1. The van der Waals surface area contributed by atoms with Gasteiger partial charge >= 0.3 is 0 Å². The Balaban J connectivity index is 1.64. The Morgan fingerprint density at radius 3 is 2.79 bits per heavy atom. The molecule has 2 aliphatic rings. The maximum absolute atomic E-state index is 12.4. The molecule has 3 heterocycles. The highest BCUT2D eigenvalue weighted by Gasteiger charge is 2.45. The number of aromatic nitrogens is 2. The summed E-state index contributed by atoms with van der Waals surface area (Å²) >= 11 is 0. The first kappa shape index (κ1) is 17.4. The van der Waals surface area contributed by atoms with E-state index in [1.54, 1.807) is 0 Å². The van der Waals surface area contributed by atoms with Crippen LogP contribution in [0, 0.1) is 0 Å². The molecule has 134 valence electrons. The van der Waals surface area contributed by atoms with Crippen molar-refractivity contribution in [2.24, 2.45) is 7.05 Å². The van der Waals surface area contributed by atoms with Gasteiger partial charge < -0.3 is 14.4 Å². The second kappa shape index (κ2) is 7.23. The van der Waals surface area contributed by atoms with Crippen molar-refractivity contribution in [3.63, 3.8) is 0 Å². The molecule has 2 aliphatic heterocycles. The van der Waals surface area contributed by atoms with Gasteiger partial charge in [0.25, 0.3) is 0 Å². The van der Waals surface area contributed by atoms with Crippen molar-refractivity contribution in [3.05, 3.63) is 18.2 Å². The Morgan fingerprint density at radius 2 is 2.08 bits per heavy atom. The monoisotopic (exact) mass is 333 g/mol. The number of hydrogen-bond donors (Lipinski definition) is 0. The molecule has 1 spiro atoms.